The molecule has 0 heterocycles. The van der Waals surface area contributed by atoms with Gasteiger partial charge in [0.05, 0.1) is 5.02 Å². The standard InChI is InChI=1S/C13H14ClFO/c1-13(2)7-9(13)12(16)6-8-3-4-11(15)10(14)5-8/h3-5,9H,6-7H2,1-2H3. The first-order valence-electron chi connectivity index (χ1n) is 5.37. The molecule has 0 bridgehead atoms. The van der Waals surface area contributed by atoms with Crippen LogP contribution in [0.3, 0.4) is 0 Å². The SMILES string of the molecule is CC1(C)CC1C(=O)Cc1ccc(F)c(Cl)c1. The molecule has 3 heteroatoms. The number of carbonyl (C=O) groups excluding carboxylic acids is 1. The lowest BCUT2D eigenvalue weighted by atomic mass is 10.0. The van der Waals surface area contributed by atoms with E-state index < -0.39 is 5.82 Å². The molecule has 1 aliphatic rings. The van der Waals surface area contributed by atoms with Crippen molar-refractivity contribution in [3.8, 4) is 0 Å². The molecule has 1 nitrogen and oxygen atoms in total. The third-order valence-electron chi connectivity index (χ3n) is 3.26. The van der Waals surface area contributed by atoms with Crippen LogP contribution in [0.15, 0.2) is 18.2 Å². The highest BCUT2D eigenvalue weighted by atomic mass is 35.5. The van der Waals surface area contributed by atoms with Crippen LogP contribution in [0.5, 0.6) is 0 Å². The largest absolute Gasteiger partial charge is 0.299 e. The van der Waals surface area contributed by atoms with Crippen molar-refractivity contribution in [1.29, 1.82) is 0 Å². The Balaban J connectivity index is 2.05. The van der Waals surface area contributed by atoms with E-state index in [2.05, 4.69) is 13.8 Å². The van der Waals surface area contributed by atoms with Crippen LogP contribution in [-0.4, -0.2) is 5.78 Å². The lowest BCUT2D eigenvalue weighted by Crippen LogP contribution is -2.09. The molecule has 0 spiro atoms. The minimum atomic E-state index is -0.440. The molecule has 1 saturated carbocycles. The van der Waals surface area contributed by atoms with E-state index >= 15 is 0 Å². The van der Waals surface area contributed by atoms with Gasteiger partial charge in [-0.1, -0.05) is 31.5 Å². The van der Waals surface area contributed by atoms with Gasteiger partial charge in [-0.25, -0.2) is 4.39 Å². The summed E-state index contributed by atoms with van der Waals surface area (Å²) in [5.41, 5.74) is 0.945. The van der Waals surface area contributed by atoms with Gasteiger partial charge in [-0.15, -0.1) is 0 Å². The number of halogens is 2. The van der Waals surface area contributed by atoms with Gasteiger partial charge in [0.2, 0.25) is 0 Å². The molecule has 1 fully saturated rings. The Hall–Kier alpha value is -0.890. The van der Waals surface area contributed by atoms with Crippen molar-refractivity contribution in [2.24, 2.45) is 11.3 Å². The first-order chi connectivity index (χ1) is 7.40. The lowest BCUT2D eigenvalue weighted by Gasteiger charge is -2.04. The molecule has 0 saturated heterocycles. The first kappa shape index (κ1) is 11.6. The van der Waals surface area contributed by atoms with E-state index in [1.54, 1.807) is 6.07 Å². The molecule has 16 heavy (non-hydrogen) atoms. The van der Waals surface area contributed by atoms with Crippen LogP contribution in [0.2, 0.25) is 5.02 Å². The smallest absolute Gasteiger partial charge is 0.141 e. The Kier molecular flexibility index (Phi) is 2.79. The topological polar surface area (TPSA) is 17.1 Å². The second kappa shape index (κ2) is 3.85. The van der Waals surface area contributed by atoms with E-state index in [1.165, 1.54) is 12.1 Å². The van der Waals surface area contributed by atoms with Gasteiger partial charge >= 0.3 is 0 Å². The second-order valence-corrected chi connectivity index (χ2v) is 5.54. The zero-order chi connectivity index (χ0) is 11.9. The average Bonchev–Trinajstić information content (AvgIpc) is 2.82. The second-order valence-electron chi connectivity index (χ2n) is 5.14. The van der Waals surface area contributed by atoms with Gasteiger partial charge in [-0.2, -0.15) is 0 Å². The van der Waals surface area contributed by atoms with E-state index in [0.717, 1.165) is 12.0 Å². The van der Waals surface area contributed by atoms with Crippen LogP contribution in [0.4, 0.5) is 4.39 Å². The summed E-state index contributed by atoms with van der Waals surface area (Å²) in [5, 5.41) is 0.0837. The summed E-state index contributed by atoms with van der Waals surface area (Å²) < 4.78 is 12.9. The van der Waals surface area contributed by atoms with Crippen LogP contribution in [0.1, 0.15) is 25.8 Å². The van der Waals surface area contributed by atoms with Gasteiger partial charge in [0.25, 0.3) is 0 Å². The highest BCUT2D eigenvalue weighted by molar-refractivity contribution is 6.30. The summed E-state index contributed by atoms with van der Waals surface area (Å²) >= 11 is 5.66. The third-order valence-corrected chi connectivity index (χ3v) is 3.55. The van der Waals surface area contributed by atoms with E-state index in [4.69, 9.17) is 11.6 Å². The summed E-state index contributed by atoms with van der Waals surface area (Å²) in [4.78, 5) is 11.8. The van der Waals surface area contributed by atoms with E-state index in [9.17, 15) is 9.18 Å². The minimum Gasteiger partial charge on any atom is -0.299 e. The maximum atomic E-state index is 12.9. The van der Waals surface area contributed by atoms with Crippen molar-refractivity contribution in [3.63, 3.8) is 0 Å². The molecule has 0 aliphatic heterocycles. The molecule has 1 atom stereocenters. The maximum absolute atomic E-state index is 12.9. The Morgan fingerprint density at radius 1 is 1.56 bits per heavy atom. The van der Waals surface area contributed by atoms with Crippen molar-refractivity contribution >= 4 is 17.4 Å². The molecule has 1 aromatic rings. The highest BCUT2D eigenvalue weighted by Crippen LogP contribution is 2.52. The van der Waals surface area contributed by atoms with E-state index in [0.29, 0.717) is 6.42 Å². The summed E-state index contributed by atoms with van der Waals surface area (Å²) in [5.74, 6) is -0.0476. The summed E-state index contributed by atoms with van der Waals surface area (Å²) in [6.45, 7) is 4.18. The zero-order valence-electron chi connectivity index (χ0n) is 9.39. The number of ketones is 1. The van der Waals surface area contributed by atoms with E-state index in [-0.39, 0.29) is 22.1 Å². The molecule has 86 valence electrons. The number of benzene rings is 1. The number of Topliss-reactive ketones (excluding diaryl/α,β-unsaturated/α-hetero) is 1. The van der Waals surface area contributed by atoms with Crippen molar-refractivity contribution < 1.29 is 9.18 Å². The summed E-state index contributed by atoms with van der Waals surface area (Å²) in [6.07, 6.45) is 1.31. The van der Waals surface area contributed by atoms with Crippen LogP contribution >= 0.6 is 11.6 Å². The predicted octanol–water partition coefficient (Wildman–Crippen LogP) is 3.64. The monoisotopic (exact) mass is 240 g/mol. The van der Waals surface area contributed by atoms with Gasteiger partial charge in [-0.05, 0) is 29.5 Å². The predicted molar refractivity (Wildman–Crippen MR) is 62.0 cm³/mol. The number of hydrogen-bond acceptors (Lipinski definition) is 1. The fourth-order valence-electron chi connectivity index (χ4n) is 1.99. The third kappa shape index (κ3) is 2.27. The van der Waals surface area contributed by atoms with Crippen molar-refractivity contribution in [2.75, 3.05) is 0 Å². The maximum Gasteiger partial charge on any atom is 0.141 e. The van der Waals surface area contributed by atoms with Crippen LogP contribution < -0.4 is 0 Å². The molecular formula is C13H14ClFO. The molecule has 0 aromatic heterocycles. The Labute approximate surface area is 99.6 Å². The fraction of sp³-hybridized carbons (Fsp3) is 0.462. The molecule has 1 unspecified atom stereocenters. The van der Waals surface area contributed by atoms with E-state index in [1.807, 2.05) is 0 Å². The average molecular weight is 241 g/mol. The minimum absolute atomic E-state index is 0.0837. The Bertz CT molecular complexity index is 440. The van der Waals surface area contributed by atoms with Gasteiger partial charge < -0.3 is 0 Å². The van der Waals surface area contributed by atoms with Gasteiger partial charge in [-0.3, -0.25) is 4.79 Å². The van der Waals surface area contributed by atoms with Crippen molar-refractivity contribution in [3.05, 3.63) is 34.6 Å². The molecule has 0 N–H and O–H groups in total. The summed E-state index contributed by atoms with van der Waals surface area (Å²) in [7, 11) is 0. The highest BCUT2D eigenvalue weighted by Gasteiger charge is 2.49. The quantitative estimate of drug-likeness (QED) is 0.789. The number of carbonyl (C=O) groups is 1. The van der Waals surface area contributed by atoms with Crippen LogP contribution in [0.25, 0.3) is 0 Å². The number of rotatable bonds is 3. The van der Waals surface area contributed by atoms with Crippen LogP contribution in [-0.2, 0) is 11.2 Å². The zero-order valence-corrected chi connectivity index (χ0v) is 10.1. The molecule has 1 aliphatic carbocycles. The van der Waals surface area contributed by atoms with Crippen molar-refractivity contribution in [2.45, 2.75) is 26.7 Å². The normalized spacial score (nSPS) is 21.9. The van der Waals surface area contributed by atoms with Gasteiger partial charge in [0.15, 0.2) is 0 Å². The molecule has 0 amide bonds. The molecule has 0 radical (unpaired) electrons. The fourth-order valence-corrected chi connectivity index (χ4v) is 2.19. The Morgan fingerprint density at radius 2 is 2.19 bits per heavy atom. The molecule has 1 aromatic carbocycles. The van der Waals surface area contributed by atoms with Crippen molar-refractivity contribution in [1.82, 2.24) is 0 Å². The lowest BCUT2D eigenvalue weighted by molar-refractivity contribution is -0.120. The molecular weight excluding hydrogens is 227 g/mol. The first-order valence-corrected chi connectivity index (χ1v) is 5.74. The van der Waals surface area contributed by atoms with Crippen LogP contribution in [0, 0.1) is 17.2 Å². The van der Waals surface area contributed by atoms with Gasteiger partial charge in [0, 0.05) is 12.3 Å². The Morgan fingerprint density at radius 3 is 2.69 bits per heavy atom. The van der Waals surface area contributed by atoms with Gasteiger partial charge in [0.1, 0.15) is 11.6 Å². The molecule has 2 rings (SSSR count). The summed E-state index contributed by atoms with van der Waals surface area (Å²) in [6, 6.07) is 4.46. The number of hydrogen-bond donors (Lipinski definition) is 0.